The fourth-order valence-corrected chi connectivity index (χ4v) is 3.74. The van der Waals surface area contributed by atoms with Crippen molar-refractivity contribution in [3.05, 3.63) is 30.1 Å². The van der Waals surface area contributed by atoms with Crippen LogP contribution >= 0.6 is 0 Å². The van der Waals surface area contributed by atoms with Gasteiger partial charge in [0.25, 0.3) is 5.89 Å². The maximum atomic E-state index is 9.33. The van der Waals surface area contributed by atoms with Crippen molar-refractivity contribution >= 4 is 0 Å². The summed E-state index contributed by atoms with van der Waals surface area (Å²) in [6.45, 7) is 0. The number of fused-ring (bicyclic) bond motifs is 2. The third-order valence-corrected chi connectivity index (χ3v) is 5.02. The molecule has 2 unspecified atom stereocenters. The van der Waals surface area contributed by atoms with Crippen molar-refractivity contribution in [2.24, 2.45) is 0 Å². The van der Waals surface area contributed by atoms with E-state index < -0.39 is 0 Å². The minimum Gasteiger partial charge on any atom is -0.508 e. The smallest absolute Gasteiger partial charge is 0.257 e. The lowest BCUT2D eigenvalue weighted by atomic mass is 9.90. The van der Waals surface area contributed by atoms with E-state index >= 15 is 0 Å². The van der Waals surface area contributed by atoms with Crippen LogP contribution < -0.4 is 0 Å². The topological polar surface area (TPSA) is 62.4 Å². The molecule has 110 valence electrons. The first kappa shape index (κ1) is 12.8. The lowest BCUT2D eigenvalue weighted by Crippen LogP contribution is -2.39. The summed E-state index contributed by atoms with van der Waals surface area (Å²) in [5.74, 6) is 2.03. The van der Waals surface area contributed by atoms with Crippen molar-refractivity contribution in [3.63, 3.8) is 0 Å². The second kappa shape index (κ2) is 4.84. The zero-order valence-electron chi connectivity index (χ0n) is 12.1. The molecule has 0 saturated carbocycles. The lowest BCUT2D eigenvalue weighted by molar-refractivity contribution is 0.157. The van der Waals surface area contributed by atoms with Crippen LogP contribution in [0.1, 0.15) is 37.4 Å². The molecule has 0 aliphatic carbocycles. The summed E-state index contributed by atoms with van der Waals surface area (Å²) in [6, 6.07) is 8.20. The van der Waals surface area contributed by atoms with Crippen molar-refractivity contribution in [1.29, 1.82) is 0 Å². The fraction of sp³-hybridized carbons (Fsp3) is 0.500. The predicted octanol–water partition coefficient (Wildman–Crippen LogP) is 2.78. The number of aromatic nitrogens is 2. The number of hydrogen-bond acceptors (Lipinski definition) is 5. The zero-order chi connectivity index (χ0) is 14.4. The van der Waals surface area contributed by atoms with Gasteiger partial charge in [-0.15, -0.1) is 0 Å². The quantitative estimate of drug-likeness (QED) is 0.919. The number of piperidine rings is 1. The molecule has 2 bridgehead atoms. The summed E-state index contributed by atoms with van der Waals surface area (Å²) in [4.78, 5) is 7.09. The van der Waals surface area contributed by atoms with E-state index in [-0.39, 0.29) is 5.75 Å². The Morgan fingerprint density at radius 1 is 1.14 bits per heavy atom. The highest BCUT2D eigenvalue weighted by molar-refractivity contribution is 5.54. The van der Waals surface area contributed by atoms with Crippen molar-refractivity contribution in [1.82, 2.24) is 15.0 Å². The molecule has 4 rings (SSSR count). The molecule has 5 heteroatoms. The van der Waals surface area contributed by atoms with Gasteiger partial charge in [-0.25, -0.2) is 0 Å². The Bertz CT molecular complexity index is 623. The van der Waals surface area contributed by atoms with Gasteiger partial charge in [-0.3, -0.25) is 0 Å². The molecular weight excluding hydrogens is 266 g/mol. The average Bonchev–Trinajstić information content (AvgIpc) is 3.03. The molecule has 2 atom stereocenters. The predicted molar refractivity (Wildman–Crippen MR) is 77.9 cm³/mol. The first-order valence-electron chi connectivity index (χ1n) is 7.55. The molecule has 0 radical (unpaired) electrons. The van der Waals surface area contributed by atoms with E-state index in [1.54, 1.807) is 24.3 Å². The summed E-state index contributed by atoms with van der Waals surface area (Å²) >= 11 is 0. The highest BCUT2D eigenvalue weighted by atomic mass is 16.5. The molecule has 1 N–H and O–H groups in total. The average molecular weight is 285 g/mol. The van der Waals surface area contributed by atoms with Gasteiger partial charge in [0.05, 0.1) is 0 Å². The van der Waals surface area contributed by atoms with E-state index in [0.717, 1.165) is 24.2 Å². The number of rotatable bonds is 2. The van der Waals surface area contributed by atoms with Crippen molar-refractivity contribution < 1.29 is 9.63 Å². The van der Waals surface area contributed by atoms with Crippen LogP contribution in [-0.4, -0.2) is 39.3 Å². The van der Waals surface area contributed by atoms with Gasteiger partial charge in [0.1, 0.15) is 5.75 Å². The van der Waals surface area contributed by atoms with Gasteiger partial charge in [0.2, 0.25) is 0 Å². The maximum Gasteiger partial charge on any atom is 0.257 e. The van der Waals surface area contributed by atoms with Crippen LogP contribution in [-0.2, 0) is 0 Å². The van der Waals surface area contributed by atoms with Crippen LogP contribution in [0.25, 0.3) is 11.5 Å². The van der Waals surface area contributed by atoms with E-state index in [2.05, 4.69) is 22.1 Å². The molecule has 2 saturated heterocycles. The Labute approximate surface area is 123 Å². The summed E-state index contributed by atoms with van der Waals surface area (Å²) in [5, 5.41) is 13.5. The third kappa shape index (κ3) is 2.21. The molecule has 0 amide bonds. The molecule has 2 aromatic rings. The largest absolute Gasteiger partial charge is 0.508 e. The molecule has 0 spiro atoms. The van der Waals surface area contributed by atoms with Crippen LogP contribution in [0.5, 0.6) is 5.75 Å². The molecule has 1 aromatic carbocycles. The Morgan fingerprint density at radius 2 is 1.81 bits per heavy atom. The number of nitrogens with zero attached hydrogens (tertiary/aromatic N) is 3. The molecule has 3 heterocycles. The minimum absolute atomic E-state index is 0.241. The van der Waals surface area contributed by atoms with Crippen LogP contribution in [0.4, 0.5) is 0 Å². The normalized spacial score (nSPS) is 28.9. The fourth-order valence-electron chi connectivity index (χ4n) is 3.74. The van der Waals surface area contributed by atoms with Crippen LogP contribution in [0.15, 0.2) is 28.8 Å². The highest BCUT2D eigenvalue weighted by Crippen LogP contribution is 2.41. The number of benzene rings is 1. The second-order valence-corrected chi connectivity index (χ2v) is 6.22. The van der Waals surface area contributed by atoms with Crippen LogP contribution in [0, 0.1) is 0 Å². The Hall–Kier alpha value is -1.88. The lowest BCUT2D eigenvalue weighted by Gasteiger charge is -2.34. The van der Waals surface area contributed by atoms with Crippen LogP contribution in [0.3, 0.4) is 0 Å². The van der Waals surface area contributed by atoms with Crippen LogP contribution in [0.2, 0.25) is 0 Å². The van der Waals surface area contributed by atoms with Gasteiger partial charge in [-0.05, 0) is 57.0 Å². The summed E-state index contributed by atoms with van der Waals surface area (Å²) < 4.78 is 5.41. The molecule has 2 fully saturated rings. The van der Waals surface area contributed by atoms with Crippen molar-refractivity contribution in [2.75, 3.05) is 7.05 Å². The van der Waals surface area contributed by atoms with E-state index in [0.29, 0.717) is 23.9 Å². The van der Waals surface area contributed by atoms with E-state index in [9.17, 15) is 5.11 Å². The Balaban J connectivity index is 1.56. The summed E-state index contributed by atoms with van der Waals surface area (Å²) in [5.41, 5.74) is 0.849. The maximum absolute atomic E-state index is 9.33. The number of phenolic OH excluding ortho intramolecular Hbond substituents is 1. The number of aromatic hydroxyl groups is 1. The zero-order valence-corrected chi connectivity index (χ0v) is 12.1. The molecule has 5 nitrogen and oxygen atoms in total. The van der Waals surface area contributed by atoms with Gasteiger partial charge in [-0.1, -0.05) is 5.16 Å². The molecule has 2 aliphatic heterocycles. The highest BCUT2D eigenvalue weighted by Gasteiger charge is 2.40. The van der Waals surface area contributed by atoms with Gasteiger partial charge >= 0.3 is 0 Å². The third-order valence-electron chi connectivity index (χ3n) is 5.02. The summed E-state index contributed by atoms with van der Waals surface area (Å²) in [6.07, 6.45) is 4.84. The van der Waals surface area contributed by atoms with E-state index in [4.69, 9.17) is 4.52 Å². The second-order valence-electron chi connectivity index (χ2n) is 6.22. The molecule has 1 aromatic heterocycles. The monoisotopic (exact) mass is 285 g/mol. The Kier molecular flexibility index (Phi) is 2.96. The van der Waals surface area contributed by atoms with Gasteiger partial charge < -0.3 is 14.5 Å². The Morgan fingerprint density at radius 3 is 2.48 bits per heavy atom. The van der Waals surface area contributed by atoms with E-state index in [1.807, 2.05) is 0 Å². The summed E-state index contributed by atoms with van der Waals surface area (Å²) in [7, 11) is 2.23. The molecule has 2 aliphatic rings. The van der Waals surface area contributed by atoms with Gasteiger partial charge in [0, 0.05) is 23.6 Å². The number of phenols is 1. The number of hydrogen-bond donors (Lipinski definition) is 1. The minimum atomic E-state index is 0.241. The standard InChI is InChI=1S/C16H19N3O2/c1-19-12-4-5-13(19)9-11(8-12)15-17-16(21-18-15)10-2-6-14(20)7-3-10/h2-3,6-7,11-13,20H,4-5,8-9H2,1H3. The van der Waals surface area contributed by atoms with Crippen molar-refractivity contribution in [3.8, 4) is 17.2 Å². The van der Waals surface area contributed by atoms with Gasteiger partial charge in [-0.2, -0.15) is 4.98 Å². The van der Waals surface area contributed by atoms with E-state index in [1.165, 1.54) is 12.8 Å². The first-order chi connectivity index (χ1) is 10.2. The molecular formula is C16H19N3O2. The van der Waals surface area contributed by atoms with Crippen molar-refractivity contribution in [2.45, 2.75) is 43.7 Å². The van der Waals surface area contributed by atoms with Gasteiger partial charge in [0.15, 0.2) is 5.82 Å². The SMILES string of the molecule is CN1C2CCC1CC(c1noc(-c3ccc(O)cc3)n1)C2. The first-order valence-corrected chi connectivity index (χ1v) is 7.55. The molecule has 21 heavy (non-hydrogen) atoms.